The minimum absolute atomic E-state index is 0.221. The van der Waals surface area contributed by atoms with Crippen molar-refractivity contribution < 1.29 is 14.0 Å². The molecule has 7 heteroatoms. The smallest absolute Gasteiger partial charge is 0.166 e. The lowest BCUT2D eigenvalue weighted by atomic mass is 10.2. The molecule has 0 amide bonds. The van der Waals surface area contributed by atoms with E-state index in [2.05, 4.69) is 27.7 Å². The lowest BCUT2D eigenvalue weighted by Gasteiger charge is -2.33. The molecule has 29 heavy (non-hydrogen) atoms. The van der Waals surface area contributed by atoms with Gasteiger partial charge >= 0.3 is 0 Å². The fourth-order valence-electron chi connectivity index (χ4n) is 3.51. The maximum atomic E-state index is 12.9. The van der Waals surface area contributed by atoms with Gasteiger partial charge in [-0.3, -0.25) is 0 Å². The number of methoxy groups -OCH3 is 1. The quantitative estimate of drug-likeness (QED) is 0.450. The largest absolute Gasteiger partial charge is 0.497 e. The molecule has 156 valence electrons. The second kappa shape index (κ2) is 11.0. The Bertz CT molecular complexity index is 761. The SMILES string of the molecule is COc1ccc(N2CC[NH+](CCCNC(=S)NCc3ccc(F)cc3)CC2)cc1. The van der Waals surface area contributed by atoms with Crippen molar-refractivity contribution in [1.82, 2.24) is 10.6 Å². The van der Waals surface area contributed by atoms with Crippen molar-refractivity contribution in [1.29, 1.82) is 0 Å². The van der Waals surface area contributed by atoms with Crippen molar-refractivity contribution in [2.45, 2.75) is 13.0 Å². The van der Waals surface area contributed by atoms with Gasteiger partial charge in [0, 0.05) is 25.2 Å². The van der Waals surface area contributed by atoms with Crippen molar-refractivity contribution >= 4 is 23.0 Å². The number of hydrogen-bond acceptors (Lipinski definition) is 3. The topological polar surface area (TPSA) is 41.0 Å². The third kappa shape index (κ3) is 6.87. The summed E-state index contributed by atoms with van der Waals surface area (Å²) in [7, 11) is 1.69. The molecule has 2 aromatic rings. The Balaban J connectivity index is 1.27. The summed E-state index contributed by atoms with van der Waals surface area (Å²) in [5, 5.41) is 7.07. The summed E-state index contributed by atoms with van der Waals surface area (Å²) < 4.78 is 18.1. The van der Waals surface area contributed by atoms with Gasteiger partial charge in [0.1, 0.15) is 11.6 Å². The van der Waals surface area contributed by atoms with Crippen LogP contribution in [0.5, 0.6) is 5.75 Å². The van der Waals surface area contributed by atoms with Gasteiger partial charge in [0.15, 0.2) is 5.11 Å². The predicted octanol–water partition coefficient (Wildman–Crippen LogP) is 1.59. The molecule has 3 rings (SSSR count). The first-order valence-electron chi connectivity index (χ1n) is 10.1. The van der Waals surface area contributed by atoms with Gasteiger partial charge < -0.3 is 25.2 Å². The molecule has 0 aromatic heterocycles. The van der Waals surface area contributed by atoms with Gasteiger partial charge in [0.2, 0.25) is 0 Å². The number of thiocarbonyl (C=S) groups is 1. The van der Waals surface area contributed by atoms with Gasteiger partial charge in [-0.25, -0.2) is 4.39 Å². The summed E-state index contributed by atoms with van der Waals surface area (Å²) in [5.41, 5.74) is 2.28. The van der Waals surface area contributed by atoms with E-state index in [1.165, 1.54) is 17.8 Å². The van der Waals surface area contributed by atoms with Crippen LogP contribution >= 0.6 is 12.2 Å². The summed E-state index contributed by atoms with van der Waals surface area (Å²) in [6.45, 7) is 7.06. The van der Waals surface area contributed by atoms with Crippen LogP contribution in [0.3, 0.4) is 0 Å². The molecule has 0 radical (unpaired) electrons. The zero-order chi connectivity index (χ0) is 20.5. The van der Waals surface area contributed by atoms with Gasteiger partial charge in [-0.2, -0.15) is 0 Å². The third-order valence-corrected chi connectivity index (χ3v) is 5.56. The fourth-order valence-corrected chi connectivity index (χ4v) is 3.69. The fraction of sp³-hybridized carbons (Fsp3) is 0.409. The van der Waals surface area contributed by atoms with E-state index in [9.17, 15) is 4.39 Å². The third-order valence-electron chi connectivity index (χ3n) is 5.27. The average molecular weight is 418 g/mol. The van der Waals surface area contributed by atoms with Crippen LogP contribution in [0.25, 0.3) is 0 Å². The molecule has 0 spiro atoms. The molecule has 5 nitrogen and oxygen atoms in total. The predicted molar refractivity (Wildman–Crippen MR) is 119 cm³/mol. The highest BCUT2D eigenvalue weighted by Gasteiger charge is 2.19. The van der Waals surface area contributed by atoms with E-state index < -0.39 is 0 Å². The first-order valence-corrected chi connectivity index (χ1v) is 10.5. The standard InChI is InChI=1S/C22H29FN4OS/c1-28-21-9-7-20(8-10-21)27-15-13-26(14-16-27)12-2-11-24-22(29)25-17-18-3-5-19(23)6-4-18/h3-10H,2,11-17H2,1H3,(H2,24,25,29)/p+1. The number of piperazine rings is 1. The molecule has 3 N–H and O–H groups in total. The van der Waals surface area contributed by atoms with Crippen LogP contribution in [0.15, 0.2) is 48.5 Å². The molecule has 0 unspecified atom stereocenters. The van der Waals surface area contributed by atoms with E-state index in [1.54, 1.807) is 24.1 Å². The van der Waals surface area contributed by atoms with Gasteiger partial charge in [0.25, 0.3) is 0 Å². The maximum absolute atomic E-state index is 12.9. The van der Waals surface area contributed by atoms with Gasteiger partial charge in [-0.15, -0.1) is 0 Å². The van der Waals surface area contributed by atoms with E-state index in [4.69, 9.17) is 17.0 Å². The van der Waals surface area contributed by atoms with E-state index in [-0.39, 0.29) is 5.82 Å². The molecule has 1 fully saturated rings. The molecule has 0 bridgehead atoms. The summed E-state index contributed by atoms with van der Waals surface area (Å²) in [5.74, 6) is 0.678. The summed E-state index contributed by atoms with van der Waals surface area (Å²) in [6.07, 6.45) is 1.08. The molecular weight excluding hydrogens is 387 g/mol. The zero-order valence-corrected chi connectivity index (χ0v) is 17.7. The van der Waals surface area contributed by atoms with Crippen LogP contribution in [0.4, 0.5) is 10.1 Å². The summed E-state index contributed by atoms with van der Waals surface area (Å²) in [6, 6.07) is 14.8. The summed E-state index contributed by atoms with van der Waals surface area (Å²) in [4.78, 5) is 4.08. The number of hydrogen-bond donors (Lipinski definition) is 3. The van der Waals surface area contributed by atoms with Crippen LogP contribution in [-0.2, 0) is 6.54 Å². The number of halogens is 1. The average Bonchev–Trinajstić information content (AvgIpc) is 2.77. The summed E-state index contributed by atoms with van der Waals surface area (Å²) >= 11 is 5.32. The maximum Gasteiger partial charge on any atom is 0.166 e. The van der Waals surface area contributed by atoms with Crippen LogP contribution in [0.1, 0.15) is 12.0 Å². The minimum Gasteiger partial charge on any atom is -0.497 e. The van der Waals surface area contributed by atoms with Crippen LogP contribution < -0.4 is 25.2 Å². The first kappa shape index (κ1) is 21.3. The highest BCUT2D eigenvalue weighted by molar-refractivity contribution is 7.80. The molecule has 0 atom stereocenters. The number of nitrogens with zero attached hydrogens (tertiary/aromatic N) is 1. The number of quaternary nitrogens is 1. The molecule has 1 saturated heterocycles. The molecule has 1 aliphatic rings. The van der Waals surface area contributed by atoms with Gasteiger partial charge in [-0.05, 0) is 54.2 Å². The Morgan fingerprint density at radius 2 is 1.76 bits per heavy atom. The number of rotatable bonds is 8. The molecule has 2 aromatic carbocycles. The first-order chi connectivity index (χ1) is 14.1. The molecule has 0 saturated carbocycles. The number of ether oxygens (including phenoxy) is 1. The number of nitrogens with one attached hydrogen (secondary N) is 3. The van der Waals surface area contributed by atoms with Gasteiger partial charge in [0.05, 0.1) is 39.8 Å². The molecule has 1 heterocycles. The number of anilines is 1. The van der Waals surface area contributed by atoms with Crippen molar-refractivity contribution in [3.8, 4) is 5.75 Å². The van der Waals surface area contributed by atoms with Crippen LogP contribution in [-0.4, -0.2) is 51.5 Å². The van der Waals surface area contributed by atoms with E-state index >= 15 is 0 Å². The van der Waals surface area contributed by atoms with Crippen LogP contribution in [0.2, 0.25) is 0 Å². The minimum atomic E-state index is -0.221. The normalized spacial score (nSPS) is 14.5. The van der Waals surface area contributed by atoms with E-state index in [0.717, 1.165) is 57.0 Å². The molecule has 1 aliphatic heterocycles. The highest BCUT2D eigenvalue weighted by atomic mass is 32.1. The van der Waals surface area contributed by atoms with Crippen molar-refractivity contribution in [2.75, 3.05) is 51.3 Å². The van der Waals surface area contributed by atoms with Crippen molar-refractivity contribution in [3.05, 3.63) is 59.9 Å². The van der Waals surface area contributed by atoms with Gasteiger partial charge in [-0.1, -0.05) is 12.1 Å². The van der Waals surface area contributed by atoms with Crippen LogP contribution in [0, 0.1) is 5.82 Å². The Morgan fingerprint density at radius 1 is 1.07 bits per heavy atom. The lowest BCUT2D eigenvalue weighted by molar-refractivity contribution is -0.900. The molecular formula is C22H30FN4OS+. The Hall–Kier alpha value is -2.38. The lowest BCUT2D eigenvalue weighted by Crippen LogP contribution is -3.15. The Kier molecular flexibility index (Phi) is 8.07. The van der Waals surface area contributed by atoms with Crippen molar-refractivity contribution in [2.24, 2.45) is 0 Å². The Morgan fingerprint density at radius 3 is 2.41 bits per heavy atom. The second-order valence-corrected chi connectivity index (χ2v) is 7.68. The van der Waals surface area contributed by atoms with E-state index in [0.29, 0.717) is 11.7 Å². The second-order valence-electron chi connectivity index (χ2n) is 7.27. The highest BCUT2D eigenvalue weighted by Crippen LogP contribution is 2.18. The Labute approximate surface area is 177 Å². The zero-order valence-electron chi connectivity index (χ0n) is 16.9. The van der Waals surface area contributed by atoms with Crippen molar-refractivity contribution in [3.63, 3.8) is 0 Å². The number of benzene rings is 2. The van der Waals surface area contributed by atoms with E-state index in [1.807, 2.05) is 12.1 Å². The molecule has 0 aliphatic carbocycles. The monoisotopic (exact) mass is 417 g/mol.